The number of hydrogen-bond donors (Lipinski definition) is 1. The lowest BCUT2D eigenvalue weighted by Gasteiger charge is -2.10. The van der Waals surface area contributed by atoms with Crippen molar-refractivity contribution >= 4 is 29.1 Å². The minimum atomic E-state index is -0.308. The van der Waals surface area contributed by atoms with Crippen LogP contribution in [0.4, 0.5) is 5.69 Å². The van der Waals surface area contributed by atoms with Crippen LogP contribution in [0.15, 0.2) is 75.6 Å². The highest BCUT2D eigenvalue weighted by atomic mass is 32.2. The van der Waals surface area contributed by atoms with Gasteiger partial charge in [0.15, 0.2) is 0 Å². The van der Waals surface area contributed by atoms with Gasteiger partial charge in [0.1, 0.15) is 0 Å². The number of benzene rings is 2. The molecule has 0 aliphatic carbocycles. The first-order valence-corrected chi connectivity index (χ1v) is 9.24. The Labute approximate surface area is 161 Å². The molecule has 134 valence electrons. The number of pyridine rings is 1. The van der Waals surface area contributed by atoms with Gasteiger partial charge in [-0.1, -0.05) is 36.0 Å². The molecule has 2 aromatic carbocycles. The Hall–Kier alpha value is -2.96. The van der Waals surface area contributed by atoms with E-state index in [-0.39, 0.29) is 5.91 Å². The van der Waals surface area contributed by atoms with Gasteiger partial charge in [0, 0.05) is 27.1 Å². The van der Waals surface area contributed by atoms with E-state index in [2.05, 4.69) is 22.6 Å². The molecule has 1 aromatic heterocycles. The minimum Gasteiger partial charge on any atom is -0.277 e. The van der Waals surface area contributed by atoms with Gasteiger partial charge in [0.05, 0.1) is 24.2 Å². The summed E-state index contributed by atoms with van der Waals surface area (Å²) in [5.74, 6) is -0.308. The summed E-state index contributed by atoms with van der Waals surface area (Å²) in [6.07, 6.45) is 1.77. The first kappa shape index (κ1) is 17.5. The van der Waals surface area contributed by atoms with Crippen molar-refractivity contribution in [3.05, 3.63) is 83.2 Å². The molecule has 0 saturated carbocycles. The number of nitrogens with zero attached hydrogens (tertiary/aromatic N) is 2. The highest BCUT2D eigenvalue weighted by molar-refractivity contribution is 7.99. The van der Waals surface area contributed by atoms with Crippen molar-refractivity contribution in [3.8, 4) is 0 Å². The smallest absolute Gasteiger partial charge is 0.274 e. The third-order valence-corrected chi connectivity index (χ3v) is 5.39. The molecule has 1 amide bonds. The van der Waals surface area contributed by atoms with Crippen LogP contribution in [-0.4, -0.2) is 23.7 Å². The van der Waals surface area contributed by atoms with Crippen LogP contribution in [0, 0.1) is 6.92 Å². The number of hydrogen-bond acceptors (Lipinski definition) is 5. The van der Waals surface area contributed by atoms with Gasteiger partial charge < -0.3 is 0 Å². The Morgan fingerprint density at radius 3 is 2.74 bits per heavy atom. The second-order valence-electron chi connectivity index (χ2n) is 6.05. The standard InChI is InChI=1S/C21H17N3O2S/c1-13-6-5-11-22-19(13)20-15-7-3-4-8-17(15)27-18-10-9-14(12-16(18)23-20)21(25)24-26-2/h3-12H,1-2H3,(H,24,25). The molecular weight excluding hydrogens is 358 g/mol. The molecule has 1 aliphatic rings. The zero-order valence-corrected chi connectivity index (χ0v) is 15.7. The van der Waals surface area contributed by atoms with E-state index >= 15 is 0 Å². The van der Waals surface area contributed by atoms with Crippen LogP contribution in [-0.2, 0) is 4.84 Å². The summed E-state index contributed by atoms with van der Waals surface area (Å²) >= 11 is 1.64. The number of aromatic nitrogens is 1. The molecule has 0 unspecified atom stereocenters. The van der Waals surface area contributed by atoms with Crippen LogP contribution in [0.3, 0.4) is 0 Å². The van der Waals surface area contributed by atoms with Crippen molar-refractivity contribution in [2.75, 3.05) is 7.11 Å². The summed E-state index contributed by atoms with van der Waals surface area (Å²) in [5.41, 5.74) is 7.29. The number of carbonyl (C=O) groups is 1. The summed E-state index contributed by atoms with van der Waals surface area (Å²) in [4.78, 5) is 28.5. The average Bonchev–Trinajstić information content (AvgIpc) is 2.84. The van der Waals surface area contributed by atoms with Crippen molar-refractivity contribution < 1.29 is 9.63 Å². The number of amides is 1. The Morgan fingerprint density at radius 2 is 1.93 bits per heavy atom. The molecule has 5 nitrogen and oxygen atoms in total. The highest BCUT2D eigenvalue weighted by Crippen LogP contribution is 2.41. The fraction of sp³-hybridized carbons (Fsp3) is 0.0952. The van der Waals surface area contributed by atoms with Crippen molar-refractivity contribution in [3.63, 3.8) is 0 Å². The average molecular weight is 375 g/mol. The van der Waals surface area contributed by atoms with Crippen molar-refractivity contribution in [1.82, 2.24) is 10.5 Å². The van der Waals surface area contributed by atoms with Crippen LogP contribution in [0.2, 0.25) is 0 Å². The maximum absolute atomic E-state index is 12.1. The van der Waals surface area contributed by atoms with Crippen molar-refractivity contribution in [2.24, 2.45) is 4.99 Å². The van der Waals surface area contributed by atoms with Crippen LogP contribution in [0.5, 0.6) is 0 Å². The van der Waals surface area contributed by atoms with E-state index in [0.29, 0.717) is 5.56 Å². The fourth-order valence-corrected chi connectivity index (χ4v) is 3.95. The molecule has 0 radical (unpaired) electrons. The largest absolute Gasteiger partial charge is 0.277 e. The number of aliphatic imine (C=N–C) groups is 1. The van der Waals surface area contributed by atoms with Crippen LogP contribution in [0.25, 0.3) is 0 Å². The van der Waals surface area contributed by atoms with Gasteiger partial charge in [-0.25, -0.2) is 10.5 Å². The van der Waals surface area contributed by atoms with E-state index in [1.54, 1.807) is 30.1 Å². The molecule has 4 rings (SSSR count). The molecule has 6 heteroatoms. The first-order chi connectivity index (χ1) is 13.2. The third kappa shape index (κ3) is 3.37. The van der Waals surface area contributed by atoms with E-state index in [1.807, 2.05) is 37.3 Å². The van der Waals surface area contributed by atoms with Gasteiger partial charge in [-0.15, -0.1) is 0 Å². The van der Waals surface area contributed by atoms with E-state index in [1.165, 1.54) is 7.11 Å². The molecule has 27 heavy (non-hydrogen) atoms. The van der Waals surface area contributed by atoms with Gasteiger partial charge >= 0.3 is 0 Å². The topological polar surface area (TPSA) is 63.6 Å². The summed E-state index contributed by atoms with van der Waals surface area (Å²) in [6.45, 7) is 2.02. The van der Waals surface area contributed by atoms with E-state index in [0.717, 1.165) is 38.0 Å². The number of hydroxylamine groups is 1. The Bertz CT molecular complexity index is 1060. The SMILES string of the molecule is CONC(=O)c1ccc2c(c1)N=C(c1ncccc1C)c1ccccc1S2. The lowest BCUT2D eigenvalue weighted by atomic mass is 10.0. The molecule has 1 aliphatic heterocycles. The monoisotopic (exact) mass is 375 g/mol. The molecule has 1 N–H and O–H groups in total. The second kappa shape index (κ2) is 7.34. The zero-order valence-electron chi connectivity index (χ0n) is 14.9. The molecule has 2 heterocycles. The first-order valence-electron chi connectivity index (χ1n) is 8.42. The summed E-state index contributed by atoms with van der Waals surface area (Å²) in [7, 11) is 1.41. The molecule has 0 atom stereocenters. The maximum atomic E-state index is 12.1. The van der Waals surface area contributed by atoms with E-state index in [9.17, 15) is 4.79 Å². The van der Waals surface area contributed by atoms with Gasteiger partial charge in [0.2, 0.25) is 0 Å². The lowest BCUT2D eigenvalue weighted by molar-refractivity contribution is 0.0537. The Morgan fingerprint density at radius 1 is 1.07 bits per heavy atom. The number of nitrogens with one attached hydrogen (secondary N) is 1. The third-order valence-electron chi connectivity index (χ3n) is 4.24. The molecule has 3 aromatic rings. The van der Waals surface area contributed by atoms with Crippen LogP contribution in [0.1, 0.15) is 27.2 Å². The molecule has 0 fully saturated rings. The van der Waals surface area contributed by atoms with Crippen molar-refractivity contribution in [2.45, 2.75) is 16.7 Å². The number of fused-ring (bicyclic) bond motifs is 2. The van der Waals surface area contributed by atoms with Gasteiger partial charge in [0.25, 0.3) is 5.91 Å². The minimum absolute atomic E-state index is 0.308. The van der Waals surface area contributed by atoms with Crippen molar-refractivity contribution in [1.29, 1.82) is 0 Å². The zero-order chi connectivity index (χ0) is 18.8. The summed E-state index contributed by atoms with van der Waals surface area (Å²) in [5, 5.41) is 0. The predicted octanol–water partition coefficient (Wildman–Crippen LogP) is 4.31. The van der Waals surface area contributed by atoms with Gasteiger partial charge in [-0.2, -0.15) is 0 Å². The number of rotatable bonds is 3. The number of carbonyl (C=O) groups excluding carboxylic acids is 1. The summed E-state index contributed by atoms with van der Waals surface area (Å²) < 4.78 is 0. The quantitative estimate of drug-likeness (QED) is 0.542. The summed E-state index contributed by atoms with van der Waals surface area (Å²) in [6, 6.07) is 17.6. The normalized spacial score (nSPS) is 12.4. The number of aryl methyl sites for hydroxylation is 1. The predicted molar refractivity (Wildman–Crippen MR) is 106 cm³/mol. The van der Waals surface area contributed by atoms with E-state index < -0.39 is 0 Å². The maximum Gasteiger partial charge on any atom is 0.274 e. The lowest BCUT2D eigenvalue weighted by Crippen LogP contribution is -2.21. The van der Waals surface area contributed by atoms with E-state index in [4.69, 9.17) is 9.83 Å². The fourth-order valence-electron chi connectivity index (χ4n) is 2.95. The Kier molecular flexibility index (Phi) is 4.75. The van der Waals surface area contributed by atoms with Crippen LogP contribution >= 0.6 is 11.8 Å². The van der Waals surface area contributed by atoms with Gasteiger partial charge in [-0.3, -0.25) is 14.6 Å². The van der Waals surface area contributed by atoms with Crippen LogP contribution < -0.4 is 5.48 Å². The Balaban J connectivity index is 1.92. The van der Waals surface area contributed by atoms with Gasteiger partial charge in [-0.05, 0) is 42.8 Å². The molecule has 0 saturated heterocycles. The molecule has 0 spiro atoms. The second-order valence-corrected chi connectivity index (χ2v) is 7.13. The molecular formula is C21H17N3O2S. The highest BCUT2D eigenvalue weighted by Gasteiger charge is 2.21. The molecule has 0 bridgehead atoms.